The fourth-order valence-electron chi connectivity index (χ4n) is 5.45. The van der Waals surface area contributed by atoms with E-state index in [9.17, 15) is 8.78 Å². The summed E-state index contributed by atoms with van der Waals surface area (Å²) in [6.45, 7) is 4.64. The minimum absolute atomic E-state index is 0.0321. The summed E-state index contributed by atoms with van der Waals surface area (Å²) in [4.78, 5) is 0. The molecule has 0 aliphatic heterocycles. The number of hydrogen-bond donors (Lipinski definition) is 0. The van der Waals surface area contributed by atoms with Crippen molar-refractivity contribution >= 4 is 0 Å². The van der Waals surface area contributed by atoms with Gasteiger partial charge in [-0.1, -0.05) is 83.8 Å². The van der Waals surface area contributed by atoms with Crippen LogP contribution in [-0.2, 0) is 0 Å². The average Bonchev–Trinajstić information content (AvgIpc) is 2.89. The molecule has 1 saturated carbocycles. The van der Waals surface area contributed by atoms with E-state index in [-0.39, 0.29) is 22.8 Å². The normalized spacial score (nSPS) is 17.9. The minimum Gasteiger partial charge on any atom is -0.490 e. The summed E-state index contributed by atoms with van der Waals surface area (Å²) >= 11 is 0. The predicted octanol–water partition coefficient (Wildman–Crippen LogP) is 10.5. The first-order chi connectivity index (χ1) is 17.5. The van der Waals surface area contributed by atoms with Gasteiger partial charge in [0.2, 0.25) is 5.82 Å². The van der Waals surface area contributed by atoms with E-state index in [1.807, 2.05) is 0 Å². The quantitative estimate of drug-likeness (QED) is 0.183. The van der Waals surface area contributed by atoms with Crippen LogP contribution in [0.15, 0.2) is 24.3 Å². The highest BCUT2D eigenvalue weighted by atomic mass is 19.2. The lowest BCUT2D eigenvalue weighted by Crippen LogP contribution is -2.15. The van der Waals surface area contributed by atoms with E-state index in [1.54, 1.807) is 6.07 Å². The Balaban J connectivity index is 1.63. The maximum Gasteiger partial charge on any atom is 0.201 e. The van der Waals surface area contributed by atoms with E-state index in [0.717, 1.165) is 51.4 Å². The third kappa shape index (κ3) is 7.49. The van der Waals surface area contributed by atoms with E-state index in [2.05, 4.69) is 13.8 Å². The Morgan fingerprint density at radius 2 is 1.22 bits per heavy atom. The van der Waals surface area contributed by atoms with Crippen LogP contribution in [0.2, 0.25) is 0 Å². The molecule has 0 amide bonds. The lowest BCUT2D eigenvalue weighted by molar-refractivity contribution is 0.285. The van der Waals surface area contributed by atoms with Gasteiger partial charge >= 0.3 is 0 Å². The van der Waals surface area contributed by atoms with Crippen molar-refractivity contribution in [3.63, 3.8) is 0 Å². The Bertz CT molecular complexity index is 950. The molecule has 1 aliphatic carbocycles. The Labute approximate surface area is 214 Å². The number of halogens is 4. The molecule has 0 aromatic heterocycles. The highest BCUT2D eigenvalue weighted by Gasteiger charge is 2.27. The van der Waals surface area contributed by atoms with Crippen molar-refractivity contribution in [1.82, 2.24) is 0 Å². The fourth-order valence-corrected chi connectivity index (χ4v) is 5.45. The van der Waals surface area contributed by atoms with Gasteiger partial charge < -0.3 is 4.74 Å². The summed E-state index contributed by atoms with van der Waals surface area (Å²) in [6.07, 6.45) is 14.9. The number of hydrogen-bond acceptors (Lipinski definition) is 1. The molecule has 2 aromatic carbocycles. The van der Waals surface area contributed by atoms with Crippen LogP contribution in [0, 0.1) is 29.2 Å². The molecule has 200 valence electrons. The third-order valence-corrected chi connectivity index (χ3v) is 7.71. The van der Waals surface area contributed by atoms with Gasteiger partial charge in [-0.05, 0) is 61.6 Å². The molecule has 1 fully saturated rings. The fraction of sp³-hybridized carbons (Fsp3) is 0.613. The molecular formula is C31H42F4O. The summed E-state index contributed by atoms with van der Waals surface area (Å²) in [7, 11) is 0. The summed E-state index contributed by atoms with van der Waals surface area (Å²) in [5, 5.41) is 0. The molecule has 0 atom stereocenters. The Hall–Kier alpha value is -2.04. The van der Waals surface area contributed by atoms with Gasteiger partial charge in [-0.3, -0.25) is 0 Å². The standard InChI is InChI=1S/C31H42F4O/c1-3-5-7-8-9-11-21-36-27-20-19-26(30(34)31(27)35)25-18-17-24(28(32)29(25)33)23-15-13-22(14-16-23)12-10-6-4-2/h17-20,22-23H,3-16,21H2,1-2H3. The molecule has 0 radical (unpaired) electrons. The second-order valence-electron chi connectivity index (χ2n) is 10.4. The molecule has 2 aromatic rings. The van der Waals surface area contributed by atoms with Crippen molar-refractivity contribution in [1.29, 1.82) is 0 Å². The van der Waals surface area contributed by atoms with Gasteiger partial charge in [0.25, 0.3) is 0 Å². The molecule has 0 unspecified atom stereocenters. The minimum atomic E-state index is -1.21. The van der Waals surface area contributed by atoms with Crippen molar-refractivity contribution in [3.05, 3.63) is 53.1 Å². The molecular weight excluding hydrogens is 464 g/mol. The zero-order valence-electron chi connectivity index (χ0n) is 22.0. The summed E-state index contributed by atoms with van der Waals surface area (Å²) in [5.41, 5.74) is -0.201. The van der Waals surface area contributed by atoms with Crippen LogP contribution in [0.1, 0.15) is 115 Å². The molecule has 5 heteroatoms. The first-order valence-electron chi connectivity index (χ1n) is 14.1. The number of unbranched alkanes of at least 4 members (excludes halogenated alkanes) is 7. The zero-order valence-corrected chi connectivity index (χ0v) is 22.0. The molecule has 3 rings (SSSR count). The molecule has 0 heterocycles. The predicted molar refractivity (Wildman–Crippen MR) is 139 cm³/mol. The van der Waals surface area contributed by atoms with Crippen LogP contribution in [0.5, 0.6) is 5.75 Å². The van der Waals surface area contributed by atoms with Crippen molar-refractivity contribution in [3.8, 4) is 16.9 Å². The first kappa shape index (κ1) is 28.5. The molecule has 0 saturated heterocycles. The molecule has 0 bridgehead atoms. The molecule has 36 heavy (non-hydrogen) atoms. The molecule has 1 nitrogen and oxygen atoms in total. The second-order valence-corrected chi connectivity index (χ2v) is 10.4. The van der Waals surface area contributed by atoms with Crippen LogP contribution < -0.4 is 4.74 Å². The maximum atomic E-state index is 15.1. The van der Waals surface area contributed by atoms with Crippen molar-refractivity contribution in [2.45, 2.75) is 110 Å². The lowest BCUT2D eigenvalue weighted by atomic mass is 9.76. The van der Waals surface area contributed by atoms with Crippen LogP contribution in [0.25, 0.3) is 11.1 Å². The highest BCUT2D eigenvalue weighted by molar-refractivity contribution is 5.66. The summed E-state index contributed by atoms with van der Waals surface area (Å²) in [6, 6.07) is 5.51. The molecule has 0 N–H and O–H groups in total. The maximum absolute atomic E-state index is 15.1. The van der Waals surface area contributed by atoms with Gasteiger partial charge in [0.1, 0.15) is 0 Å². The van der Waals surface area contributed by atoms with Gasteiger partial charge in [0.15, 0.2) is 23.2 Å². The van der Waals surface area contributed by atoms with Gasteiger partial charge in [0, 0.05) is 11.1 Å². The average molecular weight is 507 g/mol. The Kier molecular flexibility index (Phi) is 11.6. The summed E-state index contributed by atoms with van der Waals surface area (Å²) in [5.74, 6) is -3.99. The monoisotopic (exact) mass is 506 g/mol. The third-order valence-electron chi connectivity index (χ3n) is 7.71. The van der Waals surface area contributed by atoms with Crippen molar-refractivity contribution in [2.24, 2.45) is 5.92 Å². The largest absolute Gasteiger partial charge is 0.490 e. The number of rotatable bonds is 14. The summed E-state index contributed by atoms with van der Waals surface area (Å²) < 4.78 is 65.1. The van der Waals surface area contributed by atoms with Crippen molar-refractivity contribution < 1.29 is 22.3 Å². The molecule has 0 spiro atoms. The first-order valence-corrected chi connectivity index (χ1v) is 14.1. The van der Waals surface area contributed by atoms with Gasteiger partial charge in [-0.2, -0.15) is 4.39 Å². The zero-order chi connectivity index (χ0) is 25.9. The molecule has 1 aliphatic rings. The van der Waals surface area contributed by atoms with E-state index in [4.69, 9.17) is 4.74 Å². The number of benzene rings is 2. The van der Waals surface area contributed by atoms with Crippen LogP contribution in [0.3, 0.4) is 0 Å². The Morgan fingerprint density at radius 3 is 1.92 bits per heavy atom. The SMILES string of the molecule is CCCCCCCCOc1ccc(-c2ccc(C3CCC(CCCCC)CC3)c(F)c2F)c(F)c1F. The van der Waals surface area contributed by atoms with E-state index in [1.165, 1.54) is 56.7 Å². The van der Waals surface area contributed by atoms with Crippen LogP contribution in [-0.4, -0.2) is 6.61 Å². The Morgan fingerprint density at radius 1 is 0.639 bits per heavy atom. The number of ether oxygens (including phenoxy) is 1. The second kappa shape index (κ2) is 14.6. The van der Waals surface area contributed by atoms with Crippen LogP contribution in [0.4, 0.5) is 17.6 Å². The smallest absolute Gasteiger partial charge is 0.201 e. The highest BCUT2D eigenvalue weighted by Crippen LogP contribution is 2.41. The van der Waals surface area contributed by atoms with Gasteiger partial charge in [-0.25, -0.2) is 13.2 Å². The van der Waals surface area contributed by atoms with E-state index >= 15 is 8.78 Å². The van der Waals surface area contributed by atoms with E-state index < -0.39 is 23.3 Å². The topological polar surface area (TPSA) is 9.23 Å². The van der Waals surface area contributed by atoms with Crippen molar-refractivity contribution in [2.75, 3.05) is 6.61 Å². The van der Waals surface area contributed by atoms with Gasteiger partial charge in [-0.15, -0.1) is 0 Å². The lowest BCUT2D eigenvalue weighted by Gasteiger charge is -2.29. The van der Waals surface area contributed by atoms with Crippen LogP contribution >= 0.6 is 0 Å². The van der Waals surface area contributed by atoms with Gasteiger partial charge in [0.05, 0.1) is 6.61 Å². The van der Waals surface area contributed by atoms with E-state index in [0.29, 0.717) is 18.1 Å².